The van der Waals surface area contributed by atoms with Crippen LogP contribution >= 0.6 is 0 Å². The van der Waals surface area contributed by atoms with E-state index >= 15 is 0 Å². The van der Waals surface area contributed by atoms with Crippen molar-refractivity contribution < 1.29 is 0 Å². The van der Waals surface area contributed by atoms with Gasteiger partial charge in [-0.3, -0.25) is 9.88 Å². The van der Waals surface area contributed by atoms with Crippen LogP contribution in [0.4, 0.5) is 0 Å². The number of pyridine rings is 1. The normalized spacial score (nSPS) is 19.3. The molecule has 0 bridgehead atoms. The van der Waals surface area contributed by atoms with Gasteiger partial charge in [0.25, 0.3) is 0 Å². The van der Waals surface area contributed by atoms with E-state index in [1.807, 2.05) is 12.3 Å². The highest BCUT2D eigenvalue weighted by molar-refractivity contribution is 5.81. The molecule has 2 heterocycles. The number of hydrogen-bond acceptors (Lipinski definition) is 3. The van der Waals surface area contributed by atoms with Gasteiger partial charge >= 0.3 is 0 Å². The van der Waals surface area contributed by atoms with Gasteiger partial charge in [-0.1, -0.05) is 24.3 Å². The molecule has 0 aliphatic carbocycles. The molecular weight excluding hydrogens is 246 g/mol. The monoisotopic (exact) mass is 269 g/mol. The molecule has 3 rings (SSSR count). The minimum absolute atomic E-state index is 0.313. The van der Waals surface area contributed by atoms with Crippen LogP contribution < -0.4 is 5.32 Å². The van der Waals surface area contributed by atoms with Gasteiger partial charge < -0.3 is 5.32 Å². The van der Waals surface area contributed by atoms with Crippen LogP contribution in [0.2, 0.25) is 0 Å². The Hall–Kier alpha value is -1.45. The Morgan fingerprint density at radius 2 is 1.95 bits per heavy atom. The van der Waals surface area contributed by atoms with Gasteiger partial charge in [0.1, 0.15) is 0 Å². The lowest BCUT2D eigenvalue weighted by molar-refractivity contribution is 0.146. The third-order valence-electron chi connectivity index (χ3n) is 4.67. The van der Waals surface area contributed by atoms with Crippen molar-refractivity contribution in [1.82, 2.24) is 15.2 Å². The lowest BCUT2D eigenvalue weighted by Crippen LogP contribution is -2.49. The lowest BCUT2D eigenvalue weighted by atomic mass is 9.89. The van der Waals surface area contributed by atoms with Crippen molar-refractivity contribution in [2.24, 2.45) is 0 Å². The van der Waals surface area contributed by atoms with Gasteiger partial charge in [-0.25, -0.2) is 0 Å². The number of piperidine rings is 1. The summed E-state index contributed by atoms with van der Waals surface area (Å²) in [6.07, 6.45) is 4.31. The lowest BCUT2D eigenvalue weighted by Gasteiger charge is -2.39. The van der Waals surface area contributed by atoms with Crippen molar-refractivity contribution >= 4 is 10.9 Å². The van der Waals surface area contributed by atoms with Crippen LogP contribution in [0.15, 0.2) is 36.5 Å². The highest BCUT2D eigenvalue weighted by Crippen LogP contribution is 2.24. The van der Waals surface area contributed by atoms with Crippen LogP contribution in [-0.4, -0.2) is 35.6 Å². The van der Waals surface area contributed by atoms with Crippen LogP contribution in [0.3, 0.4) is 0 Å². The van der Waals surface area contributed by atoms with Gasteiger partial charge in [0.2, 0.25) is 0 Å². The predicted molar refractivity (Wildman–Crippen MR) is 83.7 cm³/mol. The third-order valence-corrected chi connectivity index (χ3v) is 4.67. The van der Waals surface area contributed by atoms with E-state index in [-0.39, 0.29) is 0 Å². The fourth-order valence-electron chi connectivity index (χ4n) is 2.99. The van der Waals surface area contributed by atoms with Crippen LogP contribution in [-0.2, 0) is 6.54 Å². The molecule has 0 saturated carbocycles. The van der Waals surface area contributed by atoms with Crippen LogP contribution in [0.25, 0.3) is 10.9 Å². The van der Waals surface area contributed by atoms with Crippen LogP contribution in [0.5, 0.6) is 0 Å². The molecule has 3 nitrogen and oxygen atoms in total. The predicted octanol–water partition coefficient (Wildman–Crippen LogP) is 2.81. The third kappa shape index (κ3) is 2.69. The highest BCUT2D eigenvalue weighted by atomic mass is 15.1. The van der Waals surface area contributed by atoms with Gasteiger partial charge in [-0.2, -0.15) is 0 Å². The summed E-state index contributed by atoms with van der Waals surface area (Å²) >= 11 is 0. The SMILES string of the molecule is CNC1(C)CCN(Cc2cccc3cccnc23)CC1. The summed E-state index contributed by atoms with van der Waals surface area (Å²) in [5.41, 5.74) is 2.81. The van der Waals surface area contributed by atoms with Gasteiger partial charge in [0.15, 0.2) is 0 Å². The smallest absolute Gasteiger partial charge is 0.0746 e. The van der Waals surface area contributed by atoms with Gasteiger partial charge in [0.05, 0.1) is 5.52 Å². The first-order valence-corrected chi connectivity index (χ1v) is 7.44. The van der Waals surface area contributed by atoms with Crippen molar-refractivity contribution in [3.63, 3.8) is 0 Å². The molecule has 20 heavy (non-hydrogen) atoms. The molecule has 1 saturated heterocycles. The summed E-state index contributed by atoms with van der Waals surface area (Å²) in [5, 5.41) is 4.69. The number of rotatable bonds is 3. The molecule has 0 amide bonds. The topological polar surface area (TPSA) is 28.2 Å². The quantitative estimate of drug-likeness (QED) is 0.928. The molecular formula is C17H23N3. The van der Waals surface area contributed by atoms with E-state index in [2.05, 4.69) is 53.4 Å². The highest BCUT2D eigenvalue weighted by Gasteiger charge is 2.28. The maximum absolute atomic E-state index is 4.55. The fourth-order valence-corrected chi connectivity index (χ4v) is 2.99. The van der Waals surface area contributed by atoms with Gasteiger partial charge in [0, 0.05) is 36.8 Å². The molecule has 1 aromatic carbocycles. The Labute approximate surface area is 121 Å². The number of para-hydroxylation sites is 1. The molecule has 1 aromatic heterocycles. The second-order valence-corrected chi connectivity index (χ2v) is 6.08. The van der Waals surface area contributed by atoms with Crippen molar-refractivity contribution in [2.45, 2.75) is 31.8 Å². The number of fused-ring (bicyclic) bond motifs is 1. The molecule has 0 spiro atoms. The fraction of sp³-hybridized carbons (Fsp3) is 0.471. The second-order valence-electron chi connectivity index (χ2n) is 6.08. The summed E-state index contributed by atoms with van der Waals surface area (Å²) in [7, 11) is 2.07. The molecule has 0 atom stereocenters. The minimum Gasteiger partial charge on any atom is -0.314 e. The molecule has 2 aromatic rings. The molecule has 1 fully saturated rings. The molecule has 1 aliphatic rings. The molecule has 3 heteroatoms. The standard InChI is InChI=1S/C17H23N3/c1-17(18-2)8-11-20(12-9-17)13-15-6-3-5-14-7-4-10-19-16(14)15/h3-7,10,18H,8-9,11-13H2,1-2H3. The van der Waals surface area contributed by atoms with Crippen molar-refractivity contribution in [1.29, 1.82) is 0 Å². The summed E-state index contributed by atoms with van der Waals surface area (Å²) in [6, 6.07) is 10.6. The molecule has 1 N–H and O–H groups in total. The zero-order valence-corrected chi connectivity index (χ0v) is 12.4. The van der Waals surface area contributed by atoms with Crippen molar-refractivity contribution in [2.75, 3.05) is 20.1 Å². The minimum atomic E-state index is 0.313. The van der Waals surface area contributed by atoms with Crippen molar-refractivity contribution in [3.05, 3.63) is 42.1 Å². The van der Waals surface area contributed by atoms with E-state index in [4.69, 9.17) is 0 Å². The first kappa shape index (κ1) is 13.5. The van der Waals surface area contributed by atoms with Crippen LogP contribution in [0.1, 0.15) is 25.3 Å². The molecule has 0 unspecified atom stereocenters. The van der Waals surface area contributed by atoms with E-state index in [1.165, 1.54) is 23.8 Å². The van der Waals surface area contributed by atoms with Crippen molar-refractivity contribution in [3.8, 4) is 0 Å². The van der Waals surface area contributed by atoms with Crippen LogP contribution in [0, 0.1) is 0 Å². The summed E-state index contributed by atoms with van der Waals surface area (Å²) in [6.45, 7) is 5.64. The number of likely N-dealkylation sites (tertiary alicyclic amines) is 1. The first-order valence-electron chi connectivity index (χ1n) is 7.44. The van der Waals surface area contributed by atoms with Gasteiger partial charge in [-0.15, -0.1) is 0 Å². The number of hydrogen-bond donors (Lipinski definition) is 1. The van der Waals surface area contributed by atoms with Gasteiger partial charge in [-0.05, 0) is 38.4 Å². The van der Waals surface area contributed by atoms with E-state index in [1.54, 1.807) is 0 Å². The Morgan fingerprint density at radius 3 is 2.70 bits per heavy atom. The molecule has 0 radical (unpaired) electrons. The van der Waals surface area contributed by atoms with E-state index in [9.17, 15) is 0 Å². The zero-order chi connectivity index (χ0) is 14.0. The number of nitrogens with one attached hydrogen (secondary N) is 1. The second kappa shape index (κ2) is 5.51. The van der Waals surface area contributed by atoms with E-state index in [0.717, 1.165) is 25.2 Å². The number of nitrogens with zero attached hydrogens (tertiary/aromatic N) is 2. The number of aromatic nitrogens is 1. The van der Waals surface area contributed by atoms with E-state index < -0.39 is 0 Å². The first-order chi connectivity index (χ1) is 9.70. The van der Waals surface area contributed by atoms with E-state index in [0.29, 0.717) is 5.54 Å². The average Bonchev–Trinajstić information content (AvgIpc) is 2.50. The zero-order valence-electron chi connectivity index (χ0n) is 12.4. The Morgan fingerprint density at radius 1 is 1.20 bits per heavy atom. The largest absolute Gasteiger partial charge is 0.314 e. The Balaban J connectivity index is 1.75. The Kier molecular flexibility index (Phi) is 3.72. The number of benzene rings is 1. The molecule has 106 valence electrons. The summed E-state index contributed by atoms with van der Waals surface area (Å²) in [5.74, 6) is 0. The molecule has 1 aliphatic heterocycles. The average molecular weight is 269 g/mol. The maximum atomic E-state index is 4.55. The summed E-state index contributed by atoms with van der Waals surface area (Å²) < 4.78 is 0. The summed E-state index contributed by atoms with van der Waals surface area (Å²) in [4.78, 5) is 7.10. The Bertz CT molecular complexity index is 580. The maximum Gasteiger partial charge on any atom is 0.0746 e.